The minimum absolute atomic E-state index is 0.139. The number of hydrogen-bond donors (Lipinski definition) is 1. The zero-order valence-corrected chi connectivity index (χ0v) is 20.4. The van der Waals surface area contributed by atoms with Crippen molar-refractivity contribution in [3.63, 3.8) is 0 Å². The van der Waals surface area contributed by atoms with Crippen LogP contribution < -0.4 is 9.64 Å². The van der Waals surface area contributed by atoms with Gasteiger partial charge in [0.2, 0.25) is 5.91 Å². The molecule has 3 aromatic carbocycles. The van der Waals surface area contributed by atoms with E-state index in [1.165, 1.54) is 0 Å². The Morgan fingerprint density at radius 2 is 1.82 bits per heavy atom. The lowest BCUT2D eigenvalue weighted by atomic mass is 9.76. The van der Waals surface area contributed by atoms with Crippen LogP contribution in [0.1, 0.15) is 59.8 Å². The van der Waals surface area contributed by atoms with Gasteiger partial charge in [0, 0.05) is 5.02 Å². The van der Waals surface area contributed by atoms with Gasteiger partial charge in [-0.25, -0.2) is 4.79 Å². The fourth-order valence-electron chi connectivity index (χ4n) is 5.07. The predicted molar refractivity (Wildman–Crippen MR) is 133 cm³/mol. The lowest BCUT2D eigenvalue weighted by Crippen LogP contribution is -2.37. The number of aryl methyl sites for hydroxylation is 2. The third-order valence-corrected chi connectivity index (χ3v) is 7.19. The van der Waals surface area contributed by atoms with Gasteiger partial charge in [-0.2, -0.15) is 0 Å². The van der Waals surface area contributed by atoms with Crippen LogP contribution >= 0.6 is 11.6 Å². The Hall–Kier alpha value is -3.31. The lowest BCUT2D eigenvalue weighted by Gasteiger charge is -2.34. The number of anilines is 2. The normalized spacial score (nSPS) is 20.5. The first-order valence-corrected chi connectivity index (χ1v) is 11.7. The maximum absolute atomic E-state index is 14.2. The van der Waals surface area contributed by atoms with E-state index in [2.05, 4.69) is 19.9 Å². The summed E-state index contributed by atoms with van der Waals surface area (Å²) in [5.74, 6) is -0.334. The third-order valence-electron chi connectivity index (χ3n) is 6.96. The van der Waals surface area contributed by atoms with E-state index in [1.807, 2.05) is 44.2 Å². The number of halogens is 1. The summed E-state index contributed by atoms with van der Waals surface area (Å²) in [6.07, 6.45) is 1.76. The Morgan fingerprint density at radius 3 is 2.56 bits per heavy atom. The fourth-order valence-corrected chi connectivity index (χ4v) is 5.24. The average Bonchev–Trinajstić information content (AvgIpc) is 2.99. The molecule has 0 aromatic heterocycles. The molecule has 6 heteroatoms. The number of aromatic carboxylic acids is 1. The molecule has 0 bridgehead atoms. The standard InChI is InChI=1S/C28H26ClNO4/c1-16-11-18(25(31)32)14-21(12-16)30-23-7-6-20(29)15-22(23)28(4,26(30)33)19-5-8-24-17(13-19)9-10-27(2,3)34-24/h5-8,11-15H,9-10H2,1-4H3,(H,31,32)/t28-/m0/s1. The van der Waals surface area contributed by atoms with Gasteiger partial charge in [0.15, 0.2) is 0 Å². The quantitative estimate of drug-likeness (QED) is 0.473. The van der Waals surface area contributed by atoms with Crippen LogP contribution in [0.5, 0.6) is 5.75 Å². The Morgan fingerprint density at radius 1 is 1.06 bits per heavy atom. The maximum atomic E-state index is 14.2. The molecule has 0 spiro atoms. The highest BCUT2D eigenvalue weighted by Gasteiger charge is 2.49. The molecule has 2 heterocycles. The van der Waals surface area contributed by atoms with E-state index < -0.39 is 11.4 Å². The van der Waals surface area contributed by atoms with Crippen molar-refractivity contribution in [3.05, 3.63) is 87.4 Å². The van der Waals surface area contributed by atoms with Crippen LogP contribution in [0, 0.1) is 6.92 Å². The van der Waals surface area contributed by atoms with Crippen LogP contribution in [0.2, 0.25) is 5.02 Å². The average molecular weight is 476 g/mol. The highest BCUT2D eigenvalue weighted by Crippen LogP contribution is 2.50. The Bertz CT molecular complexity index is 1360. The van der Waals surface area contributed by atoms with E-state index in [-0.39, 0.29) is 17.1 Å². The van der Waals surface area contributed by atoms with Crippen molar-refractivity contribution in [3.8, 4) is 5.75 Å². The molecule has 174 valence electrons. The predicted octanol–water partition coefficient (Wildman–Crippen LogP) is 6.43. The summed E-state index contributed by atoms with van der Waals surface area (Å²) in [6, 6.07) is 16.3. The van der Waals surface area contributed by atoms with Crippen LogP contribution in [0.4, 0.5) is 11.4 Å². The number of amides is 1. The molecule has 0 radical (unpaired) electrons. The van der Waals surface area contributed by atoms with Crippen molar-refractivity contribution in [2.24, 2.45) is 0 Å². The molecule has 0 aliphatic carbocycles. The molecule has 2 aliphatic rings. The van der Waals surface area contributed by atoms with Gasteiger partial charge in [-0.3, -0.25) is 9.69 Å². The van der Waals surface area contributed by atoms with Gasteiger partial charge >= 0.3 is 5.97 Å². The van der Waals surface area contributed by atoms with Gasteiger partial charge in [-0.05, 0) is 105 Å². The van der Waals surface area contributed by atoms with E-state index in [1.54, 1.807) is 23.1 Å². The minimum atomic E-state index is -1.03. The van der Waals surface area contributed by atoms with Crippen molar-refractivity contribution in [2.45, 2.75) is 51.6 Å². The number of benzene rings is 3. The van der Waals surface area contributed by atoms with Crippen molar-refractivity contribution in [1.29, 1.82) is 0 Å². The molecule has 2 aliphatic heterocycles. The molecule has 1 atom stereocenters. The molecule has 0 saturated heterocycles. The molecule has 0 fully saturated rings. The third kappa shape index (κ3) is 3.46. The van der Waals surface area contributed by atoms with Crippen molar-refractivity contribution >= 4 is 34.9 Å². The highest BCUT2D eigenvalue weighted by atomic mass is 35.5. The zero-order valence-electron chi connectivity index (χ0n) is 19.6. The van der Waals surface area contributed by atoms with Gasteiger partial charge < -0.3 is 9.84 Å². The van der Waals surface area contributed by atoms with Crippen molar-refractivity contribution < 1.29 is 19.4 Å². The number of fused-ring (bicyclic) bond motifs is 2. The summed E-state index contributed by atoms with van der Waals surface area (Å²) < 4.78 is 6.15. The van der Waals surface area contributed by atoms with Gasteiger partial charge in [-0.1, -0.05) is 23.7 Å². The number of ether oxygens (including phenoxy) is 1. The van der Waals surface area contributed by atoms with Crippen molar-refractivity contribution in [2.75, 3.05) is 4.90 Å². The molecule has 1 N–H and O–H groups in total. The first-order valence-electron chi connectivity index (χ1n) is 11.3. The number of carbonyl (C=O) groups excluding carboxylic acids is 1. The van der Waals surface area contributed by atoms with E-state index >= 15 is 0 Å². The number of rotatable bonds is 3. The smallest absolute Gasteiger partial charge is 0.335 e. The Labute approximate surface area is 203 Å². The second-order valence-corrected chi connectivity index (χ2v) is 10.4. The van der Waals surface area contributed by atoms with Crippen LogP contribution in [0.15, 0.2) is 54.6 Å². The summed E-state index contributed by atoms with van der Waals surface area (Å²) >= 11 is 6.39. The van der Waals surface area contributed by atoms with E-state index in [9.17, 15) is 14.7 Å². The lowest BCUT2D eigenvalue weighted by molar-refractivity contribution is -0.120. The van der Waals surface area contributed by atoms with Crippen LogP contribution in [-0.2, 0) is 16.6 Å². The summed E-state index contributed by atoms with van der Waals surface area (Å²) in [7, 11) is 0. The second kappa shape index (κ2) is 7.60. The second-order valence-electron chi connectivity index (χ2n) is 9.97. The largest absolute Gasteiger partial charge is 0.488 e. The molecule has 1 amide bonds. The van der Waals surface area contributed by atoms with E-state index in [0.29, 0.717) is 16.4 Å². The maximum Gasteiger partial charge on any atom is 0.335 e. The van der Waals surface area contributed by atoms with Crippen molar-refractivity contribution in [1.82, 2.24) is 0 Å². The van der Waals surface area contributed by atoms with Crippen LogP contribution in [0.3, 0.4) is 0 Å². The Balaban J connectivity index is 1.68. The molecule has 34 heavy (non-hydrogen) atoms. The summed E-state index contributed by atoms with van der Waals surface area (Å²) in [5.41, 5.74) is 3.65. The number of nitrogens with zero attached hydrogens (tertiary/aromatic N) is 1. The van der Waals surface area contributed by atoms with Gasteiger partial charge in [-0.15, -0.1) is 0 Å². The summed E-state index contributed by atoms with van der Waals surface area (Å²) in [4.78, 5) is 27.5. The van der Waals surface area contributed by atoms with Crippen LogP contribution in [0.25, 0.3) is 0 Å². The number of carboxylic acid groups (broad SMARTS) is 1. The van der Waals surface area contributed by atoms with E-state index in [4.69, 9.17) is 16.3 Å². The van der Waals surface area contributed by atoms with Gasteiger partial charge in [0.25, 0.3) is 0 Å². The first kappa shape index (κ1) is 22.5. The minimum Gasteiger partial charge on any atom is -0.488 e. The molecule has 5 nitrogen and oxygen atoms in total. The first-order chi connectivity index (χ1) is 16.0. The fraction of sp³-hybridized carbons (Fsp3) is 0.286. The van der Waals surface area contributed by atoms with E-state index in [0.717, 1.165) is 40.8 Å². The SMILES string of the molecule is Cc1cc(C(=O)O)cc(N2C(=O)[C@@](C)(c3ccc4c(c3)CCC(C)(C)O4)c3cc(Cl)ccc32)c1. The Kier molecular flexibility index (Phi) is 5.03. The van der Waals surface area contributed by atoms with Gasteiger partial charge in [0.1, 0.15) is 11.4 Å². The monoisotopic (exact) mass is 475 g/mol. The summed E-state index contributed by atoms with van der Waals surface area (Å²) in [6.45, 7) is 7.89. The zero-order chi connectivity index (χ0) is 24.4. The number of carboxylic acids is 1. The molecule has 3 aromatic rings. The number of carbonyl (C=O) groups is 2. The topological polar surface area (TPSA) is 66.8 Å². The molecule has 0 saturated carbocycles. The summed E-state index contributed by atoms with van der Waals surface area (Å²) in [5, 5.41) is 10.1. The van der Waals surface area contributed by atoms with Gasteiger partial charge in [0.05, 0.1) is 22.4 Å². The molecule has 5 rings (SSSR count). The molecular weight excluding hydrogens is 450 g/mol. The molecular formula is C28H26ClNO4. The molecule has 0 unspecified atom stereocenters. The highest BCUT2D eigenvalue weighted by molar-refractivity contribution is 6.31. The number of hydrogen-bond acceptors (Lipinski definition) is 3. The van der Waals surface area contributed by atoms with Crippen LogP contribution in [-0.4, -0.2) is 22.6 Å².